The van der Waals surface area contributed by atoms with E-state index in [1.165, 1.54) is 36.4 Å². The molecule has 1 saturated carbocycles. The molecule has 0 amide bonds. The van der Waals surface area contributed by atoms with Crippen LogP contribution in [0.25, 0.3) is 0 Å². The average Bonchev–Trinajstić information content (AvgIpc) is 3.27. The molecule has 3 nitrogen and oxygen atoms in total. The van der Waals surface area contributed by atoms with Gasteiger partial charge in [0.05, 0.1) is 11.4 Å². The Morgan fingerprint density at radius 2 is 2.15 bits per heavy atom. The van der Waals surface area contributed by atoms with Crippen molar-refractivity contribution in [3.8, 4) is 0 Å². The zero-order chi connectivity index (χ0) is 14.4. The van der Waals surface area contributed by atoms with Crippen molar-refractivity contribution >= 4 is 11.8 Å². The molecule has 1 unspecified atom stereocenters. The molecule has 0 aromatic carbocycles. The third kappa shape index (κ3) is 5.08. The highest BCUT2D eigenvalue weighted by atomic mass is 32.2. The molecule has 1 aromatic heterocycles. The summed E-state index contributed by atoms with van der Waals surface area (Å²) in [5, 5.41) is 3.53. The maximum atomic E-state index is 4.78. The van der Waals surface area contributed by atoms with Crippen molar-refractivity contribution < 1.29 is 0 Å². The molecule has 0 aliphatic heterocycles. The van der Waals surface area contributed by atoms with Gasteiger partial charge in [0.25, 0.3) is 0 Å². The Balaban J connectivity index is 1.88. The third-order valence-corrected chi connectivity index (χ3v) is 4.60. The van der Waals surface area contributed by atoms with Gasteiger partial charge in [-0.15, -0.1) is 0 Å². The van der Waals surface area contributed by atoms with E-state index in [1.54, 1.807) is 0 Å². The molecule has 1 heterocycles. The van der Waals surface area contributed by atoms with Gasteiger partial charge in [0.2, 0.25) is 0 Å². The monoisotopic (exact) mass is 293 g/mol. The van der Waals surface area contributed by atoms with Crippen LogP contribution in [0, 0.1) is 0 Å². The Kier molecular flexibility index (Phi) is 6.33. The first-order valence-corrected chi connectivity index (χ1v) is 8.99. The highest BCUT2D eigenvalue weighted by Crippen LogP contribution is 2.19. The molecule has 1 atom stereocenters. The number of nitrogens with one attached hydrogen (secondary N) is 1. The van der Waals surface area contributed by atoms with Crippen molar-refractivity contribution in [2.45, 2.75) is 51.4 Å². The lowest BCUT2D eigenvalue weighted by Crippen LogP contribution is -2.33. The molecule has 2 rings (SSSR count). The van der Waals surface area contributed by atoms with Gasteiger partial charge < -0.3 is 5.32 Å². The molecule has 1 aromatic rings. The van der Waals surface area contributed by atoms with Gasteiger partial charge in [-0.2, -0.15) is 11.8 Å². The van der Waals surface area contributed by atoms with Crippen LogP contribution < -0.4 is 5.32 Å². The summed E-state index contributed by atoms with van der Waals surface area (Å²) in [6.07, 6.45) is 6.03. The van der Waals surface area contributed by atoms with Crippen molar-refractivity contribution in [1.29, 1.82) is 0 Å². The van der Waals surface area contributed by atoms with Gasteiger partial charge >= 0.3 is 0 Å². The van der Waals surface area contributed by atoms with Crippen LogP contribution in [-0.4, -0.2) is 41.0 Å². The van der Waals surface area contributed by atoms with Gasteiger partial charge in [-0.05, 0) is 44.7 Å². The average molecular weight is 293 g/mol. The minimum absolute atomic E-state index is 0.639. The van der Waals surface area contributed by atoms with Gasteiger partial charge in [0.15, 0.2) is 0 Å². The van der Waals surface area contributed by atoms with E-state index in [2.05, 4.69) is 48.6 Å². The van der Waals surface area contributed by atoms with Crippen molar-refractivity contribution in [3.63, 3.8) is 0 Å². The van der Waals surface area contributed by atoms with Gasteiger partial charge in [-0.3, -0.25) is 9.88 Å². The molecule has 0 radical (unpaired) electrons. The summed E-state index contributed by atoms with van der Waals surface area (Å²) in [4.78, 5) is 7.21. The standard InChI is InChI=1S/C16H27N3S/c1-4-16(12-20-3)19(2)11-15-7-5-6-14(18-15)10-17-13-8-9-13/h5-7,13,16-17H,4,8-12H2,1-3H3. The summed E-state index contributed by atoms with van der Waals surface area (Å²) in [6, 6.07) is 7.78. The molecule has 112 valence electrons. The van der Waals surface area contributed by atoms with Crippen molar-refractivity contribution in [2.75, 3.05) is 19.1 Å². The lowest BCUT2D eigenvalue weighted by atomic mass is 10.2. The van der Waals surface area contributed by atoms with Gasteiger partial charge in [-0.25, -0.2) is 0 Å². The summed E-state index contributed by atoms with van der Waals surface area (Å²) in [5.41, 5.74) is 2.35. The fourth-order valence-corrected chi connectivity index (χ4v) is 3.26. The molecule has 20 heavy (non-hydrogen) atoms. The first-order chi connectivity index (χ1) is 9.72. The Labute approximate surface area is 127 Å². The highest BCUT2D eigenvalue weighted by molar-refractivity contribution is 7.98. The summed E-state index contributed by atoms with van der Waals surface area (Å²) in [6.45, 7) is 4.11. The minimum atomic E-state index is 0.639. The molecule has 0 spiro atoms. The molecule has 1 aliphatic rings. The van der Waals surface area contributed by atoms with E-state index in [9.17, 15) is 0 Å². The number of rotatable bonds is 9. The molecule has 0 saturated heterocycles. The third-order valence-electron chi connectivity index (χ3n) is 3.88. The Morgan fingerprint density at radius 1 is 1.40 bits per heavy atom. The van der Waals surface area contributed by atoms with Crippen molar-refractivity contribution in [3.05, 3.63) is 29.6 Å². The van der Waals surface area contributed by atoms with Crippen LogP contribution in [0.2, 0.25) is 0 Å². The van der Waals surface area contributed by atoms with Crippen LogP contribution in [0.3, 0.4) is 0 Å². The number of thioether (sulfide) groups is 1. The van der Waals surface area contributed by atoms with E-state index in [1.807, 2.05) is 11.8 Å². The van der Waals surface area contributed by atoms with Crippen LogP contribution in [0.4, 0.5) is 0 Å². The van der Waals surface area contributed by atoms with Gasteiger partial charge in [0, 0.05) is 30.9 Å². The van der Waals surface area contributed by atoms with E-state index in [-0.39, 0.29) is 0 Å². The van der Waals surface area contributed by atoms with Gasteiger partial charge in [0.1, 0.15) is 0 Å². The van der Waals surface area contributed by atoms with E-state index in [4.69, 9.17) is 4.98 Å². The van der Waals surface area contributed by atoms with Crippen LogP contribution in [0.5, 0.6) is 0 Å². The highest BCUT2D eigenvalue weighted by Gasteiger charge is 2.20. The first kappa shape index (κ1) is 15.8. The molecule has 4 heteroatoms. The topological polar surface area (TPSA) is 28.2 Å². The zero-order valence-corrected chi connectivity index (χ0v) is 13.7. The SMILES string of the molecule is CCC(CSC)N(C)Cc1cccc(CNC2CC2)n1. The second-order valence-corrected chi connectivity index (χ2v) is 6.62. The fourth-order valence-electron chi connectivity index (χ4n) is 2.39. The molecule has 1 fully saturated rings. The molecule has 1 N–H and O–H groups in total. The fraction of sp³-hybridized carbons (Fsp3) is 0.688. The summed E-state index contributed by atoms with van der Waals surface area (Å²) >= 11 is 1.92. The molecular formula is C16H27N3S. The van der Waals surface area contributed by atoms with E-state index in [0.29, 0.717) is 6.04 Å². The summed E-state index contributed by atoms with van der Waals surface area (Å²) in [5.74, 6) is 1.19. The second kappa shape index (κ2) is 8.01. The number of hydrogen-bond acceptors (Lipinski definition) is 4. The first-order valence-electron chi connectivity index (χ1n) is 7.60. The zero-order valence-electron chi connectivity index (χ0n) is 12.9. The maximum absolute atomic E-state index is 4.78. The minimum Gasteiger partial charge on any atom is -0.308 e. The quantitative estimate of drug-likeness (QED) is 0.758. The number of hydrogen-bond donors (Lipinski definition) is 1. The number of aromatic nitrogens is 1. The smallest absolute Gasteiger partial charge is 0.0547 e. The van der Waals surface area contributed by atoms with E-state index >= 15 is 0 Å². The van der Waals surface area contributed by atoms with Crippen molar-refractivity contribution in [2.24, 2.45) is 0 Å². The largest absolute Gasteiger partial charge is 0.308 e. The molecule has 1 aliphatic carbocycles. The Hall–Kier alpha value is -0.580. The number of pyridine rings is 1. The van der Waals surface area contributed by atoms with E-state index < -0.39 is 0 Å². The lowest BCUT2D eigenvalue weighted by molar-refractivity contribution is 0.245. The normalized spacial score (nSPS) is 16.6. The van der Waals surface area contributed by atoms with Crippen LogP contribution in [0.15, 0.2) is 18.2 Å². The van der Waals surface area contributed by atoms with Crippen LogP contribution >= 0.6 is 11.8 Å². The van der Waals surface area contributed by atoms with Crippen LogP contribution in [-0.2, 0) is 13.1 Å². The predicted octanol–water partition coefficient (Wildman–Crippen LogP) is 2.91. The maximum Gasteiger partial charge on any atom is 0.0547 e. The number of nitrogens with zero attached hydrogens (tertiary/aromatic N) is 2. The predicted molar refractivity (Wildman–Crippen MR) is 88.0 cm³/mol. The Morgan fingerprint density at radius 3 is 2.80 bits per heavy atom. The van der Waals surface area contributed by atoms with E-state index in [0.717, 1.165) is 19.1 Å². The van der Waals surface area contributed by atoms with Crippen molar-refractivity contribution in [1.82, 2.24) is 15.2 Å². The second-order valence-electron chi connectivity index (χ2n) is 5.71. The molecular weight excluding hydrogens is 266 g/mol. The molecule has 0 bridgehead atoms. The Bertz CT molecular complexity index is 406. The summed E-state index contributed by atoms with van der Waals surface area (Å²) < 4.78 is 0. The van der Waals surface area contributed by atoms with Crippen LogP contribution in [0.1, 0.15) is 37.6 Å². The summed E-state index contributed by atoms with van der Waals surface area (Å²) in [7, 11) is 2.21. The lowest BCUT2D eigenvalue weighted by Gasteiger charge is -2.26. The van der Waals surface area contributed by atoms with Gasteiger partial charge in [-0.1, -0.05) is 13.0 Å².